The quantitative estimate of drug-likeness (QED) is 0.588. The summed E-state index contributed by atoms with van der Waals surface area (Å²) in [6.07, 6.45) is 0. The van der Waals surface area contributed by atoms with Crippen LogP contribution in [-0.4, -0.2) is 56.1 Å². The summed E-state index contributed by atoms with van der Waals surface area (Å²) >= 11 is 5.80. The molecule has 154 valence electrons. The predicted octanol–water partition coefficient (Wildman–Crippen LogP) is 1.90. The van der Waals surface area contributed by atoms with Crippen LogP contribution in [0.15, 0.2) is 48.5 Å². The van der Waals surface area contributed by atoms with Gasteiger partial charge in [0.05, 0.1) is 12.1 Å². The number of carbonyl (C=O) groups is 3. The maximum atomic E-state index is 12.1. The Balaban J connectivity index is 1.72. The molecular weight excluding hydrogens is 400 g/mol. The molecule has 0 radical (unpaired) electrons. The van der Waals surface area contributed by atoms with Crippen molar-refractivity contribution in [2.75, 3.05) is 33.4 Å². The van der Waals surface area contributed by atoms with E-state index in [2.05, 4.69) is 0 Å². The molecule has 2 rings (SSSR count). The number of likely N-dealkylation sites (N-methyl/N-ethyl adjacent to an activating group) is 1. The van der Waals surface area contributed by atoms with Crippen molar-refractivity contribution in [1.82, 2.24) is 4.90 Å². The topological polar surface area (TPSA) is 108 Å². The second-order valence-corrected chi connectivity index (χ2v) is 6.41. The molecule has 9 heteroatoms. The van der Waals surface area contributed by atoms with Gasteiger partial charge in [0.2, 0.25) is 0 Å². The lowest BCUT2D eigenvalue weighted by Gasteiger charge is -2.17. The Bertz CT molecular complexity index is 839. The van der Waals surface area contributed by atoms with E-state index in [1.54, 1.807) is 31.3 Å². The number of amides is 2. The molecule has 2 aromatic carbocycles. The standard InChI is InChI=1S/C20H21ClN2O6/c1-23(10-11-27-16-8-4-15(21)5-9-16)19(25)13-29-20(26)14-2-6-17(7-3-14)28-12-18(22)24/h2-9H,10-13H2,1H3,(H2,22,24). The number of esters is 1. The summed E-state index contributed by atoms with van der Waals surface area (Å²) in [6.45, 7) is -0.0436. The first-order valence-corrected chi connectivity index (χ1v) is 9.03. The van der Waals surface area contributed by atoms with E-state index in [1.165, 1.54) is 29.2 Å². The maximum Gasteiger partial charge on any atom is 0.338 e. The lowest BCUT2D eigenvalue weighted by Crippen LogP contribution is -2.34. The molecule has 8 nitrogen and oxygen atoms in total. The highest BCUT2D eigenvalue weighted by Gasteiger charge is 2.14. The van der Waals surface area contributed by atoms with Gasteiger partial charge in [-0.25, -0.2) is 4.79 Å². The van der Waals surface area contributed by atoms with Crippen molar-refractivity contribution < 1.29 is 28.6 Å². The Morgan fingerprint density at radius 1 is 0.931 bits per heavy atom. The molecule has 0 saturated heterocycles. The molecule has 0 aliphatic rings. The van der Waals surface area contributed by atoms with E-state index in [9.17, 15) is 14.4 Å². The van der Waals surface area contributed by atoms with Gasteiger partial charge in [-0.15, -0.1) is 0 Å². The predicted molar refractivity (Wildman–Crippen MR) is 106 cm³/mol. The maximum absolute atomic E-state index is 12.1. The molecule has 0 heterocycles. The van der Waals surface area contributed by atoms with Gasteiger partial charge >= 0.3 is 5.97 Å². The van der Waals surface area contributed by atoms with Gasteiger partial charge in [-0.1, -0.05) is 11.6 Å². The minimum absolute atomic E-state index is 0.248. The number of nitrogens with zero attached hydrogens (tertiary/aromatic N) is 1. The van der Waals surface area contributed by atoms with Crippen molar-refractivity contribution in [1.29, 1.82) is 0 Å². The fraction of sp³-hybridized carbons (Fsp3) is 0.250. The van der Waals surface area contributed by atoms with Crippen LogP contribution in [0, 0.1) is 0 Å². The monoisotopic (exact) mass is 420 g/mol. The van der Waals surface area contributed by atoms with Crippen LogP contribution in [0.4, 0.5) is 0 Å². The average molecular weight is 421 g/mol. The number of benzene rings is 2. The molecule has 0 atom stereocenters. The molecule has 0 fully saturated rings. The molecule has 0 spiro atoms. The zero-order valence-electron chi connectivity index (χ0n) is 15.8. The zero-order valence-corrected chi connectivity index (χ0v) is 16.6. The van der Waals surface area contributed by atoms with E-state index in [0.717, 1.165) is 0 Å². The van der Waals surface area contributed by atoms with Gasteiger partial charge in [0.15, 0.2) is 13.2 Å². The van der Waals surface area contributed by atoms with Crippen molar-refractivity contribution >= 4 is 29.4 Å². The van der Waals surface area contributed by atoms with Crippen LogP contribution >= 0.6 is 11.6 Å². The highest BCUT2D eigenvalue weighted by molar-refractivity contribution is 6.30. The first-order valence-electron chi connectivity index (χ1n) is 8.66. The van der Waals surface area contributed by atoms with E-state index in [4.69, 9.17) is 31.5 Å². The third-order valence-corrected chi connectivity index (χ3v) is 3.98. The Labute approximate surface area is 173 Å². The lowest BCUT2D eigenvalue weighted by molar-refractivity contribution is -0.133. The van der Waals surface area contributed by atoms with Crippen LogP contribution in [0.2, 0.25) is 5.02 Å². The second kappa shape index (κ2) is 10.9. The third kappa shape index (κ3) is 7.71. The number of primary amides is 1. The van der Waals surface area contributed by atoms with Crippen molar-refractivity contribution in [2.24, 2.45) is 5.73 Å². The summed E-state index contributed by atoms with van der Waals surface area (Å²) in [5.74, 6) is -0.582. The van der Waals surface area contributed by atoms with E-state index in [0.29, 0.717) is 23.1 Å². The van der Waals surface area contributed by atoms with E-state index >= 15 is 0 Å². The molecule has 0 aliphatic heterocycles. The van der Waals surface area contributed by atoms with Gasteiger partial charge in [0.25, 0.3) is 11.8 Å². The second-order valence-electron chi connectivity index (χ2n) is 5.97. The van der Waals surface area contributed by atoms with Gasteiger partial charge < -0.3 is 24.8 Å². The molecular formula is C20H21ClN2O6. The normalized spacial score (nSPS) is 10.1. The molecule has 0 aliphatic carbocycles. The first-order chi connectivity index (χ1) is 13.8. The number of ether oxygens (including phenoxy) is 3. The van der Waals surface area contributed by atoms with Crippen LogP contribution in [-0.2, 0) is 14.3 Å². The molecule has 0 bridgehead atoms. The van der Waals surface area contributed by atoms with Crippen molar-refractivity contribution in [3.63, 3.8) is 0 Å². The van der Waals surface area contributed by atoms with Gasteiger partial charge in [0.1, 0.15) is 18.1 Å². The van der Waals surface area contributed by atoms with E-state index < -0.39 is 18.5 Å². The molecule has 0 unspecified atom stereocenters. The van der Waals surface area contributed by atoms with Crippen LogP contribution in [0.25, 0.3) is 0 Å². The highest BCUT2D eigenvalue weighted by atomic mass is 35.5. The number of rotatable bonds is 10. The number of halogens is 1. The van der Waals surface area contributed by atoms with Gasteiger partial charge in [-0.3, -0.25) is 9.59 Å². The number of carbonyl (C=O) groups excluding carboxylic acids is 3. The first kappa shape index (κ1) is 22.0. The van der Waals surface area contributed by atoms with Crippen molar-refractivity contribution in [3.8, 4) is 11.5 Å². The number of hydrogen-bond donors (Lipinski definition) is 1. The van der Waals surface area contributed by atoms with Crippen LogP contribution in [0.3, 0.4) is 0 Å². The minimum Gasteiger partial charge on any atom is -0.492 e. The molecule has 2 N–H and O–H groups in total. The molecule has 0 aromatic heterocycles. The third-order valence-electron chi connectivity index (χ3n) is 3.73. The summed E-state index contributed by atoms with van der Waals surface area (Å²) in [5.41, 5.74) is 5.24. The largest absolute Gasteiger partial charge is 0.492 e. The van der Waals surface area contributed by atoms with Crippen LogP contribution in [0.5, 0.6) is 11.5 Å². The Kier molecular flexibility index (Phi) is 8.29. The lowest BCUT2D eigenvalue weighted by atomic mass is 10.2. The average Bonchev–Trinajstić information content (AvgIpc) is 2.71. The number of nitrogens with two attached hydrogens (primary N) is 1. The fourth-order valence-corrected chi connectivity index (χ4v) is 2.24. The minimum atomic E-state index is -0.648. The molecule has 29 heavy (non-hydrogen) atoms. The zero-order chi connectivity index (χ0) is 21.2. The fourth-order valence-electron chi connectivity index (χ4n) is 2.12. The SMILES string of the molecule is CN(CCOc1ccc(Cl)cc1)C(=O)COC(=O)c1ccc(OCC(N)=O)cc1. The summed E-state index contributed by atoms with van der Waals surface area (Å²) in [4.78, 5) is 36.2. The Morgan fingerprint density at radius 3 is 2.14 bits per heavy atom. The summed E-state index contributed by atoms with van der Waals surface area (Å²) in [6, 6.07) is 12.8. The van der Waals surface area contributed by atoms with Crippen LogP contribution in [0.1, 0.15) is 10.4 Å². The van der Waals surface area contributed by atoms with Gasteiger partial charge in [-0.05, 0) is 48.5 Å². The van der Waals surface area contributed by atoms with Gasteiger partial charge in [-0.2, -0.15) is 0 Å². The van der Waals surface area contributed by atoms with Crippen LogP contribution < -0.4 is 15.2 Å². The van der Waals surface area contributed by atoms with Crippen molar-refractivity contribution in [2.45, 2.75) is 0 Å². The van der Waals surface area contributed by atoms with Crippen molar-refractivity contribution in [3.05, 3.63) is 59.1 Å². The molecule has 2 aromatic rings. The van der Waals surface area contributed by atoms with E-state index in [1.807, 2.05) is 0 Å². The number of hydrogen-bond acceptors (Lipinski definition) is 6. The Morgan fingerprint density at radius 2 is 1.52 bits per heavy atom. The van der Waals surface area contributed by atoms with E-state index in [-0.39, 0.29) is 24.7 Å². The molecule has 0 saturated carbocycles. The highest BCUT2D eigenvalue weighted by Crippen LogP contribution is 2.15. The summed E-state index contributed by atoms with van der Waals surface area (Å²) < 4.78 is 15.6. The smallest absolute Gasteiger partial charge is 0.338 e. The van der Waals surface area contributed by atoms with Gasteiger partial charge in [0, 0.05) is 12.1 Å². The molecule has 2 amide bonds. The summed E-state index contributed by atoms with van der Waals surface area (Å²) in [7, 11) is 1.59. The Hall–Kier alpha value is -3.26. The summed E-state index contributed by atoms with van der Waals surface area (Å²) in [5, 5.41) is 0.610.